The van der Waals surface area contributed by atoms with E-state index in [4.69, 9.17) is 33.9 Å². The van der Waals surface area contributed by atoms with Crippen molar-refractivity contribution in [1.82, 2.24) is 10.6 Å². The molecule has 0 heterocycles. The monoisotopic (exact) mass is 374 g/mol. The Morgan fingerprint density at radius 1 is 1.00 bits per heavy atom. The van der Waals surface area contributed by atoms with Gasteiger partial charge < -0.3 is 20.1 Å². The fourth-order valence-electron chi connectivity index (χ4n) is 3.80. The van der Waals surface area contributed by atoms with Crippen LogP contribution in [0.15, 0.2) is 0 Å². The lowest BCUT2D eigenvalue weighted by Crippen LogP contribution is -2.50. The topological polar surface area (TPSA) is 42.5 Å². The molecule has 0 aromatic rings. The summed E-state index contributed by atoms with van der Waals surface area (Å²) in [6.45, 7) is 13.3. The molecule has 0 radical (unpaired) electrons. The first kappa shape index (κ1) is 21.4. The number of ether oxygens (including phenoxy) is 2. The smallest absolute Gasteiger partial charge is 0.256 e. The largest absolute Gasteiger partial charge is 0.471 e. The van der Waals surface area contributed by atoms with Crippen LogP contribution in [-0.2, 0) is 9.47 Å². The molecule has 0 aromatic heterocycles. The highest BCUT2D eigenvalue weighted by Crippen LogP contribution is 2.45. The molecule has 1 saturated carbocycles. The average molecular weight is 375 g/mol. The van der Waals surface area contributed by atoms with Gasteiger partial charge in [0.15, 0.2) is 0 Å². The van der Waals surface area contributed by atoms with Crippen LogP contribution < -0.4 is 10.6 Å². The normalized spacial score (nSPS) is 25.6. The van der Waals surface area contributed by atoms with Crippen LogP contribution in [0.3, 0.4) is 0 Å². The molecule has 1 aliphatic carbocycles. The second-order valence-electron chi connectivity index (χ2n) is 8.03. The van der Waals surface area contributed by atoms with Crippen molar-refractivity contribution in [2.75, 3.05) is 19.8 Å². The highest BCUT2D eigenvalue weighted by molar-refractivity contribution is 7.80. The van der Waals surface area contributed by atoms with Gasteiger partial charge in [0, 0.05) is 12.6 Å². The van der Waals surface area contributed by atoms with Gasteiger partial charge in [0.1, 0.15) is 0 Å². The fourth-order valence-corrected chi connectivity index (χ4v) is 4.21. The Balaban J connectivity index is 2.59. The van der Waals surface area contributed by atoms with E-state index in [9.17, 15) is 0 Å². The summed E-state index contributed by atoms with van der Waals surface area (Å²) in [5, 5.41) is 7.73. The Hall–Kier alpha value is -0.620. The molecular weight excluding hydrogens is 340 g/mol. The Bertz CT molecular complexity index is 429. The van der Waals surface area contributed by atoms with E-state index >= 15 is 0 Å². The second-order valence-corrected chi connectivity index (χ2v) is 8.77. The van der Waals surface area contributed by atoms with E-state index in [2.05, 4.69) is 45.3 Å². The van der Waals surface area contributed by atoms with E-state index in [0.29, 0.717) is 29.6 Å². The van der Waals surface area contributed by atoms with Crippen LogP contribution in [0.4, 0.5) is 0 Å². The second kappa shape index (κ2) is 9.76. The Kier molecular flexibility index (Phi) is 8.71. The molecule has 0 spiro atoms. The average Bonchev–Trinajstić information content (AvgIpc) is 2.47. The maximum atomic E-state index is 5.54. The molecule has 1 fully saturated rings. The minimum atomic E-state index is 0.138. The SMILES string of the molecule is CCCOC(=S)NCC1(C)CC(NC(=S)OCCC)CC(C)(C)C1. The molecule has 0 saturated heterocycles. The predicted molar refractivity (Wildman–Crippen MR) is 108 cm³/mol. The van der Waals surface area contributed by atoms with Crippen LogP contribution in [0, 0.1) is 10.8 Å². The molecule has 2 atom stereocenters. The predicted octanol–water partition coefficient (Wildman–Crippen LogP) is 4.17. The van der Waals surface area contributed by atoms with E-state index in [1.54, 1.807) is 0 Å². The molecule has 140 valence electrons. The standard InChI is InChI=1S/C18H34N2O2S2/c1-6-8-21-15(23)19-13-18(5)11-14(10-17(3,4)12-18)20-16(24)22-9-7-2/h14H,6-13H2,1-5H3,(H,19,23)(H,20,24). The quantitative estimate of drug-likeness (QED) is 0.652. The number of hydrogen-bond acceptors (Lipinski definition) is 4. The van der Waals surface area contributed by atoms with Gasteiger partial charge in [0.25, 0.3) is 10.3 Å². The summed E-state index contributed by atoms with van der Waals surface area (Å²) in [4.78, 5) is 0. The lowest BCUT2D eigenvalue weighted by Gasteiger charge is -2.47. The lowest BCUT2D eigenvalue weighted by molar-refractivity contribution is 0.0766. The highest BCUT2D eigenvalue weighted by Gasteiger charge is 2.41. The maximum Gasteiger partial charge on any atom is 0.256 e. The molecule has 1 aliphatic rings. The van der Waals surface area contributed by atoms with Crippen molar-refractivity contribution in [1.29, 1.82) is 0 Å². The van der Waals surface area contributed by atoms with Crippen molar-refractivity contribution in [2.24, 2.45) is 10.8 Å². The zero-order chi connectivity index (χ0) is 18.2. The molecule has 0 amide bonds. The summed E-state index contributed by atoms with van der Waals surface area (Å²) in [5.41, 5.74) is 0.387. The number of nitrogens with one attached hydrogen (secondary N) is 2. The van der Waals surface area contributed by atoms with Crippen LogP contribution >= 0.6 is 24.4 Å². The Labute approximate surface area is 158 Å². The summed E-state index contributed by atoms with van der Waals surface area (Å²) in [6.07, 6.45) is 5.21. The summed E-state index contributed by atoms with van der Waals surface area (Å²) in [7, 11) is 0. The van der Waals surface area contributed by atoms with Crippen molar-refractivity contribution >= 4 is 34.8 Å². The van der Waals surface area contributed by atoms with Crippen LogP contribution in [0.25, 0.3) is 0 Å². The molecule has 24 heavy (non-hydrogen) atoms. The first-order chi connectivity index (χ1) is 11.2. The molecule has 0 aliphatic heterocycles. The van der Waals surface area contributed by atoms with Gasteiger partial charge in [-0.2, -0.15) is 0 Å². The fraction of sp³-hybridized carbons (Fsp3) is 0.889. The van der Waals surface area contributed by atoms with Gasteiger partial charge in [-0.05, 0) is 67.4 Å². The maximum absolute atomic E-state index is 5.54. The summed E-state index contributed by atoms with van der Waals surface area (Å²) in [6, 6.07) is 0.329. The van der Waals surface area contributed by atoms with Crippen LogP contribution in [-0.4, -0.2) is 36.1 Å². The van der Waals surface area contributed by atoms with Gasteiger partial charge in [0.05, 0.1) is 13.2 Å². The lowest BCUT2D eigenvalue weighted by atomic mass is 9.62. The van der Waals surface area contributed by atoms with E-state index in [-0.39, 0.29) is 10.8 Å². The van der Waals surface area contributed by atoms with Gasteiger partial charge in [-0.25, -0.2) is 0 Å². The van der Waals surface area contributed by atoms with E-state index < -0.39 is 0 Å². The first-order valence-corrected chi connectivity index (χ1v) is 9.85. The van der Waals surface area contributed by atoms with Crippen molar-refractivity contribution in [3.05, 3.63) is 0 Å². The molecule has 1 rings (SSSR count). The van der Waals surface area contributed by atoms with Crippen molar-refractivity contribution in [2.45, 2.75) is 72.8 Å². The molecule has 0 bridgehead atoms. The molecule has 0 aromatic carbocycles. The van der Waals surface area contributed by atoms with Crippen LogP contribution in [0.2, 0.25) is 0 Å². The third kappa shape index (κ3) is 7.97. The zero-order valence-electron chi connectivity index (χ0n) is 15.9. The van der Waals surface area contributed by atoms with Gasteiger partial charge in [-0.15, -0.1) is 0 Å². The summed E-state index contributed by atoms with van der Waals surface area (Å²) < 4.78 is 11.0. The molecule has 6 heteroatoms. The Morgan fingerprint density at radius 2 is 1.58 bits per heavy atom. The molecule has 2 unspecified atom stereocenters. The number of hydrogen-bond donors (Lipinski definition) is 2. The van der Waals surface area contributed by atoms with Crippen molar-refractivity contribution < 1.29 is 9.47 Å². The molecule has 4 nitrogen and oxygen atoms in total. The molecular formula is C18H34N2O2S2. The zero-order valence-corrected chi connectivity index (χ0v) is 17.5. The minimum Gasteiger partial charge on any atom is -0.471 e. The van der Waals surface area contributed by atoms with Crippen LogP contribution in [0.5, 0.6) is 0 Å². The van der Waals surface area contributed by atoms with E-state index in [0.717, 1.165) is 38.6 Å². The van der Waals surface area contributed by atoms with Crippen molar-refractivity contribution in [3.63, 3.8) is 0 Å². The summed E-state index contributed by atoms with van der Waals surface area (Å²) >= 11 is 10.6. The minimum absolute atomic E-state index is 0.138. The third-order valence-electron chi connectivity index (χ3n) is 4.30. The first-order valence-electron chi connectivity index (χ1n) is 9.03. The van der Waals surface area contributed by atoms with E-state index in [1.165, 1.54) is 0 Å². The summed E-state index contributed by atoms with van der Waals surface area (Å²) in [5.74, 6) is 0. The number of thiocarbonyl (C=S) groups is 2. The van der Waals surface area contributed by atoms with Gasteiger partial charge >= 0.3 is 0 Å². The Morgan fingerprint density at radius 3 is 2.17 bits per heavy atom. The van der Waals surface area contributed by atoms with Gasteiger partial charge in [-0.3, -0.25) is 0 Å². The highest BCUT2D eigenvalue weighted by atomic mass is 32.1. The van der Waals surface area contributed by atoms with Crippen LogP contribution in [0.1, 0.15) is 66.7 Å². The molecule has 2 N–H and O–H groups in total. The third-order valence-corrected chi connectivity index (χ3v) is 4.80. The van der Waals surface area contributed by atoms with E-state index in [1.807, 2.05) is 0 Å². The number of rotatable bonds is 7. The van der Waals surface area contributed by atoms with Gasteiger partial charge in [-0.1, -0.05) is 34.6 Å². The van der Waals surface area contributed by atoms with Crippen molar-refractivity contribution in [3.8, 4) is 0 Å². The van der Waals surface area contributed by atoms with Gasteiger partial charge in [0.2, 0.25) is 0 Å².